The van der Waals surface area contributed by atoms with Crippen molar-refractivity contribution in [3.05, 3.63) is 34.7 Å². The molecule has 1 aliphatic heterocycles. The summed E-state index contributed by atoms with van der Waals surface area (Å²) >= 11 is 6.68. The second-order valence-corrected chi connectivity index (χ2v) is 8.36. The Bertz CT molecular complexity index is 846. The standard InChI is InChI=1S/C22H31ClFN3O2/c1-15(2)27(17-7-6-10-25-14-17)22(28)21-20(23)18-13-16(24)8-9-19(18)26(21)11-4-5-12-29-3/h8-9,13,15,17,25H,4-7,10-12,14H2,1-3H3/t17-/m1/s1. The van der Waals surface area contributed by atoms with E-state index in [0.717, 1.165) is 44.3 Å². The van der Waals surface area contributed by atoms with Crippen LogP contribution < -0.4 is 5.32 Å². The van der Waals surface area contributed by atoms with E-state index in [0.29, 0.717) is 29.3 Å². The predicted molar refractivity (Wildman–Crippen MR) is 115 cm³/mol. The van der Waals surface area contributed by atoms with Crippen LogP contribution in [0.2, 0.25) is 5.02 Å². The Kier molecular flexibility index (Phi) is 7.55. The number of ether oxygens (including phenoxy) is 1. The molecule has 1 saturated heterocycles. The molecule has 1 N–H and O–H groups in total. The van der Waals surface area contributed by atoms with Crippen LogP contribution in [0.15, 0.2) is 18.2 Å². The predicted octanol–water partition coefficient (Wildman–Crippen LogP) is 4.46. The maximum atomic E-state index is 13.9. The van der Waals surface area contributed by atoms with Gasteiger partial charge in [-0.05, 0) is 64.3 Å². The molecule has 7 heteroatoms. The summed E-state index contributed by atoms with van der Waals surface area (Å²) < 4.78 is 21.0. The monoisotopic (exact) mass is 423 g/mol. The molecule has 1 amide bonds. The average Bonchev–Trinajstić information content (AvgIpc) is 2.97. The van der Waals surface area contributed by atoms with E-state index in [4.69, 9.17) is 16.3 Å². The van der Waals surface area contributed by atoms with Crippen LogP contribution >= 0.6 is 11.6 Å². The van der Waals surface area contributed by atoms with Gasteiger partial charge in [-0.15, -0.1) is 0 Å². The maximum Gasteiger partial charge on any atom is 0.272 e. The van der Waals surface area contributed by atoms with Crippen molar-refractivity contribution in [2.45, 2.75) is 58.2 Å². The number of carbonyl (C=O) groups excluding carboxylic acids is 1. The van der Waals surface area contributed by atoms with E-state index in [2.05, 4.69) is 5.32 Å². The maximum absolute atomic E-state index is 13.9. The number of fused-ring (bicyclic) bond motifs is 1. The number of aromatic nitrogens is 1. The molecule has 1 atom stereocenters. The number of nitrogens with one attached hydrogen (secondary N) is 1. The number of hydrogen-bond donors (Lipinski definition) is 1. The van der Waals surface area contributed by atoms with E-state index in [1.54, 1.807) is 13.2 Å². The Balaban J connectivity index is 2.02. The summed E-state index contributed by atoms with van der Waals surface area (Å²) in [6.07, 6.45) is 3.73. The molecule has 0 saturated carbocycles. The molecule has 1 aromatic heterocycles. The third-order valence-electron chi connectivity index (χ3n) is 5.60. The normalized spacial score (nSPS) is 17.2. The number of amides is 1. The number of methoxy groups -OCH3 is 1. The smallest absolute Gasteiger partial charge is 0.272 e. The Morgan fingerprint density at radius 1 is 1.41 bits per heavy atom. The number of halogens is 2. The molecule has 1 fully saturated rings. The summed E-state index contributed by atoms with van der Waals surface area (Å²) in [4.78, 5) is 15.7. The third kappa shape index (κ3) is 4.76. The molecule has 0 bridgehead atoms. The van der Waals surface area contributed by atoms with Crippen molar-refractivity contribution in [3.8, 4) is 0 Å². The second-order valence-electron chi connectivity index (χ2n) is 7.98. The fourth-order valence-electron chi connectivity index (χ4n) is 4.26. The van der Waals surface area contributed by atoms with Crippen molar-refractivity contribution >= 4 is 28.4 Å². The number of hydrogen-bond acceptors (Lipinski definition) is 3. The van der Waals surface area contributed by atoms with Crippen LogP contribution in [-0.4, -0.2) is 54.3 Å². The summed E-state index contributed by atoms with van der Waals surface area (Å²) in [6, 6.07) is 4.72. The second kappa shape index (κ2) is 9.92. The van der Waals surface area contributed by atoms with Gasteiger partial charge in [-0.25, -0.2) is 4.39 Å². The van der Waals surface area contributed by atoms with E-state index in [1.165, 1.54) is 12.1 Å². The number of nitrogens with zero attached hydrogens (tertiary/aromatic N) is 2. The molecule has 1 aromatic carbocycles. The summed E-state index contributed by atoms with van der Waals surface area (Å²) in [7, 11) is 1.68. The van der Waals surface area contributed by atoms with Gasteiger partial charge >= 0.3 is 0 Å². The molecular formula is C22H31ClFN3O2. The number of rotatable bonds is 8. The fourth-order valence-corrected chi connectivity index (χ4v) is 4.59. The first-order valence-electron chi connectivity index (χ1n) is 10.4. The third-order valence-corrected chi connectivity index (χ3v) is 5.98. The van der Waals surface area contributed by atoms with Crippen molar-refractivity contribution in [2.75, 3.05) is 26.8 Å². The van der Waals surface area contributed by atoms with Crippen molar-refractivity contribution in [1.82, 2.24) is 14.8 Å². The molecule has 2 heterocycles. The van der Waals surface area contributed by atoms with Crippen molar-refractivity contribution < 1.29 is 13.9 Å². The molecule has 0 unspecified atom stereocenters. The first-order chi connectivity index (χ1) is 14.0. The first-order valence-corrected chi connectivity index (χ1v) is 10.8. The van der Waals surface area contributed by atoms with Crippen LogP contribution in [0.25, 0.3) is 10.9 Å². The number of unbranched alkanes of at least 4 members (excludes halogenated alkanes) is 1. The van der Waals surface area contributed by atoms with Crippen LogP contribution in [0, 0.1) is 5.82 Å². The fraction of sp³-hybridized carbons (Fsp3) is 0.591. The quantitative estimate of drug-likeness (QED) is 0.637. The van der Waals surface area contributed by atoms with E-state index >= 15 is 0 Å². The van der Waals surface area contributed by atoms with Gasteiger partial charge in [0.25, 0.3) is 5.91 Å². The lowest BCUT2D eigenvalue weighted by molar-refractivity contribution is 0.0562. The number of piperidine rings is 1. The molecule has 0 aliphatic carbocycles. The lowest BCUT2D eigenvalue weighted by Crippen LogP contribution is -2.52. The van der Waals surface area contributed by atoms with E-state index in [-0.39, 0.29) is 23.8 Å². The highest BCUT2D eigenvalue weighted by atomic mass is 35.5. The van der Waals surface area contributed by atoms with Gasteiger partial charge in [-0.2, -0.15) is 0 Å². The topological polar surface area (TPSA) is 46.5 Å². The number of carbonyl (C=O) groups is 1. The molecule has 160 valence electrons. The molecule has 3 rings (SSSR count). The summed E-state index contributed by atoms with van der Waals surface area (Å²) in [5.74, 6) is -0.436. The molecule has 29 heavy (non-hydrogen) atoms. The molecule has 5 nitrogen and oxygen atoms in total. The minimum atomic E-state index is -0.355. The average molecular weight is 424 g/mol. The van der Waals surface area contributed by atoms with Gasteiger partial charge in [0.05, 0.1) is 10.5 Å². The van der Waals surface area contributed by atoms with Gasteiger partial charge in [0, 0.05) is 44.3 Å². The molecule has 0 radical (unpaired) electrons. The minimum absolute atomic E-state index is 0.0418. The Morgan fingerprint density at radius 3 is 2.86 bits per heavy atom. The zero-order chi connectivity index (χ0) is 21.0. The minimum Gasteiger partial charge on any atom is -0.385 e. The Labute approximate surface area is 177 Å². The van der Waals surface area contributed by atoms with Gasteiger partial charge in [0.1, 0.15) is 11.5 Å². The highest BCUT2D eigenvalue weighted by Crippen LogP contribution is 2.33. The van der Waals surface area contributed by atoms with Gasteiger partial charge in [-0.3, -0.25) is 4.79 Å². The van der Waals surface area contributed by atoms with E-state index in [9.17, 15) is 9.18 Å². The highest BCUT2D eigenvalue weighted by molar-refractivity contribution is 6.38. The van der Waals surface area contributed by atoms with Gasteiger partial charge in [0.15, 0.2) is 0 Å². The zero-order valence-corrected chi connectivity index (χ0v) is 18.3. The summed E-state index contributed by atoms with van der Waals surface area (Å²) in [5.41, 5.74) is 1.26. The van der Waals surface area contributed by atoms with Crippen LogP contribution in [0.1, 0.15) is 50.0 Å². The van der Waals surface area contributed by atoms with Gasteiger partial charge < -0.3 is 19.5 Å². The van der Waals surface area contributed by atoms with Gasteiger partial charge in [0.2, 0.25) is 0 Å². The van der Waals surface area contributed by atoms with Crippen LogP contribution in [0.3, 0.4) is 0 Å². The van der Waals surface area contributed by atoms with Crippen molar-refractivity contribution in [3.63, 3.8) is 0 Å². The Morgan fingerprint density at radius 2 is 2.21 bits per heavy atom. The van der Waals surface area contributed by atoms with Crippen molar-refractivity contribution in [2.24, 2.45) is 0 Å². The largest absolute Gasteiger partial charge is 0.385 e. The molecule has 1 aliphatic rings. The van der Waals surface area contributed by atoms with Crippen LogP contribution in [0.5, 0.6) is 0 Å². The number of aryl methyl sites for hydroxylation is 1. The van der Waals surface area contributed by atoms with Crippen LogP contribution in [0.4, 0.5) is 4.39 Å². The lowest BCUT2D eigenvalue weighted by atomic mass is 10.0. The lowest BCUT2D eigenvalue weighted by Gasteiger charge is -2.38. The highest BCUT2D eigenvalue weighted by Gasteiger charge is 2.32. The zero-order valence-electron chi connectivity index (χ0n) is 17.5. The molecule has 0 spiro atoms. The van der Waals surface area contributed by atoms with Gasteiger partial charge in [-0.1, -0.05) is 11.6 Å². The molecular weight excluding hydrogens is 393 g/mol. The summed E-state index contributed by atoms with van der Waals surface area (Å²) in [6.45, 7) is 7.13. The Hall–Kier alpha value is -1.63. The first kappa shape index (κ1) is 22.1. The number of benzene rings is 1. The molecule has 2 aromatic rings. The van der Waals surface area contributed by atoms with Crippen molar-refractivity contribution in [1.29, 1.82) is 0 Å². The van der Waals surface area contributed by atoms with Crippen LogP contribution in [-0.2, 0) is 11.3 Å². The summed E-state index contributed by atoms with van der Waals surface area (Å²) in [5, 5.41) is 4.32. The van der Waals surface area contributed by atoms with E-state index < -0.39 is 0 Å². The SMILES string of the molecule is COCCCCn1c(C(=O)N(C(C)C)[C@@H]2CCCNC2)c(Cl)c2cc(F)ccc21. The van der Waals surface area contributed by atoms with E-state index in [1.807, 2.05) is 23.3 Å².